The fraction of sp³-hybridized carbons (Fsp3) is 0.684. The van der Waals surface area contributed by atoms with Gasteiger partial charge in [-0.2, -0.15) is 0 Å². The van der Waals surface area contributed by atoms with Crippen molar-refractivity contribution in [3.8, 4) is 0 Å². The van der Waals surface area contributed by atoms with Crippen molar-refractivity contribution >= 4 is 0 Å². The highest BCUT2D eigenvalue weighted by molar-refractivity contribution is 5.37. The molecule has 1 aliphatic heterocycles. The van der Waals surface area contributed by atoms with Crippen molar-refractivity contribution in [3.05, 3.63) is 35.4 Å². The number of fused-ring (bicyclic) bond motifs is 1. The monoisotopic (exact) mass is 284 g/mol. The lowest BCUT2D eigenvalue weighted by atomic mass is 9.85. The summed E-state index contributed by atoms with van der Waals surface area (Å²) in [5.41, 5.74) is 3.43. The van der Waals surface area contributed by atoms with Gasteiger partial charge in [-0.3, -0.25) is 0 Å². The molecule has 0 aromatic heterocycles. The summed E-state index contributed by atoms with van der Waals surface area (Å²) in [4.78, 5) is 2.72. The molecule has 4 rings (SSSR count). The van der Waals surface area contributed by atoms with Crippen molar-refractivity contribution in [1.29, 1.82) is 0 Å². The molecule has 0 amide bonds. The number of nitrogens with one attached hydrogen (secondary N) is 1. The van der Waals surface area contributed by atoms with E-state index in [4.69, 9.17) is 0 Å². The van der Waals surface area contributed by atoms with Crippen molar-refractivity contribution in [1.82, 2.24) is 10.2 Å². The predicted octanol–water partition coefficient (Wildman–Crippen LogP) is 3.38. The zero-order valence-corrected chi connectivity index (χ0v) is 13.4. The van der Waals surface area contributed by atoms with Crippen LogP contribution >= 0.6 is 0 Å². The second-order valence-corrected chi connectivity index (χ2v) is 8.09. The summed E-state index contributed by atoms with van der Waals surface area (Å²) in [6.07, 6.45) is 5.49. The van der Waals surface area contributed by atoms with Gasteiger partial charge in [0.25, 0.3) is 0 Å². The van der Waals surface area contributed by atoms with Gasteiger partial charge in [-0.1, -0.05) is 38.1 Å². The van der Waals surface area contributed by atoms with E-state index >= 15 is 0 Å². The average Bonchev–Trinajstić information content (AvgIpc) is 3.13. The zero-order chi connectivity index (χ0) is 14.4. The second-order valence-electron chi connectivity index (χ2n) is 8.09. The Morgan fingerprint density at radius 1 is 1.19 bits per heavy atom. The number of hydrogen-bond acceptors (Lipinski definition) is 2. The average molecular weight is 284 g/mol. The molecule has 2 atom stereocenters. The predicted molar refractivity (Wildman–Crippen MR) is 87.4 cm³/mol. The van der Waals surface area contributed by atoms with E-state index in [-0.39, 0.29) is 0 Å². The van der Waals surface area contributed by atoms with E-state index in [9.17, 15) is 0 Å². The quantitative estimate of drug-likeness (QED) is 0.912. The largest absolute Gasteiger partial charge is 0.309 e. The van der Waals surface area contributed by atoms with Crippen molar-refractivity contribution in [3.63, 3.8) is 0 Å². The summed E-state index contributed by atoms with van der Waals surface area (Å²) in [6.45, 7) is 8.67. The van der Waals surface area contributed by atoms with Crippen LogP contribution in [0, 0.1) is 11.3 Å². The molecule has 1 saturated heterocycles. The molecule has 1 aromatic carbocycles. The van der Waals surface area contributed by atoms with E-state index in [1.165, 1.54) is 45.3 Å². The number of benzene rings is 1. The molecule has 3 aliphatic rings. The number of likely N-dealkylation sites (tertiary alicyclic amines) is 1. The fourth-order valence-corrected chi connectivity index (χ4v) is 4.46. The summed E-state index contributed by atoms with van der Waals surface area (Å²) in [5, 5.41) is 3.92. The van der Waals surface area contributed by atoms with Gasteiger partial charge in [0.1, 0.15) is 0 Å². The minimum Gasteiger partial charge on any atom is -0.309 e. The van der Waals surface area contributed by atoms with Crippen molar-refractivity contribution in [2.45, 2.75) is 51.6 Å². The minimum absolute atomic E-state index is 0.346. The van der Waals surface area contributed by atoms with Crippen LogP contribution in [0.15, 0.2) is 24.3 Å². The van der Waals surface area contributed by atoms with Crippen LogP contribution in [0.3, 0.4) is 0 Å². The van der Waals surface area contributed by atoms with Gasteiger partial charge in [0.05, 0.1) is 0 Å². The Morgan fingerprint density at radius 3 is 2.81 bits per heavy atom. The summed E-state index contributed by atoms with van der Waals surface area (Å²) in [7, 11) is 0. The maximum absolute atomic E-state index is 3.92. The first kappa shape index (κ1) is 13.8. The van der Waals surface area contributed by atoms with Crippen molar-refractivity contribution in [2.75, 3.05) is 19.6 Å². The molecule has 0 radical (unpaired) electrons. The third kappa shape index (κ3) is 2.64. The van der Waals surface area contributed by atoms with Gasteiger partial charge in [0.15, 0.2) is 0 Å². The molecule has 2 unspecified atom stereocenters. The van der Waals surface area contributed by atoms with Gasteiger partial charge in [-0.15, -0.1) is 0 Å². The zero-order valence-electron chi connectivity index (χ0n) is 13.4. The smallest absolute Gasteiger partial charge is 0.0377 e. The molecule has 1 N–H and O–H groups in total. The molecule has 2 nitrogen and oxygen atoms in total. The van der Waals surface area contributed by atoms with Gasteiger partial charge >= 0.3 is 0 Å². The normalized spacial score (nSPS) is 31.5. The van der Waals surface area contributed by atoms with E-state index < -0.39 is 0 Å². The Balaban J connectivity index is 1.40. The standard InChI is InChI=1S/C19H28N2/c1-19(2)11-15-5-3-4-6-17(15)18(19)20-12-14-9-10-21(13-14)16-7-8-16/h3-6,14,16,18,20H,7-13H2,1-2H3. The lowest BCUT2D eigenvalue weighted by Crippen LogP contribution is -2.35. The maximum atomic E-state index is 3.92. The maximum Gasteiger partial charge on any atom is 0.0377 e. The SMILES string of the molecule is CC1(C)Cc2ccccc2C1NCC1CCN(C2CC2)C1. The highest BCUT2D eigenvalue weighted by Crippen LogP contribution is 2.45. The first-order valence-electron chi connectivity index (χ1n) is 8.69. The molecule has 0 bridgehead atoms. The van der Waals surface area contributed by atoms with Crippen molar-refractivity contribution in [2.24, 2.45) is 11.3 Å². The Morgan fingerprint density at radius 2 is 2.00 bits per heavy atom. The van der Waals surface area contributed by atoms with Crippen LogP contribution in [-0.4, -0.2) is 30.6 Å². The van der Waals surface area contributed by atoms with E-state index in [1.807, 2.05) is 0 Å². The number of nitrogens with zero attached hydrogens (tertiary/aromatic N) is 1. The Labute approximate surface area is 128 Å². The highest BCUT2D eigenvalue weighted by atomic mass is 15.2. The van der Waals surface area contributed by atoms with Gasteiger partial charge in [0.2, 0.25) is 0 Å². The molecule has 21 heavy (non-hydrogen) atoms. The third-order valence-corrected chi connectivity index (χ3v) is 5.78. The molecule has 2 heteroatoms. The van der Waals surface area contributed by atoms with Crippen LogP contribution in [0.2, 0.25) is 0 Å². The van der Waals surface area contributed by atoms with Crippen LogP contribution in [-0.2, 0) is 6.42 Å². The van der Waals surface area contributed by atoms with Crippen LogP contribution in [0.5, 0.6) is 0 Å². The molecule has 2 aliphatic carbocycles. The summed E-state index contributed by atoms with van der Waals surface area (Å²) in [5.74, 6) is 0.856. The molecular weight excluding hydrogens is 256 g/mol. The molecule has 1 saturated carbocycles. The van der Waals surface area contributed by atoms with Crippen LogP contribution < -0.4 is 5.32 Å². The summed E-state index contributed by atoms with van der Waals surface area (Å²) < 4.78 is 0. The van der Waals surface area contributed by atoms with Crippen LogP contribution in [0.25, 0.3) is 0 Å². The van der Waals surface area contributed by atoms with E-state index in [2.05, 4.69) is 48.3 Å². The molecule has 2 fully saturated rings. The molecule has 0 spiro atoms. The summed E-state index contributed by atoms with van der Waals surface area (Å²) >= 11 is 0. The molecule has 114 valence electrons. The fourth-order valence-electron chi connectivity index (χ4n) is 4.46. The topological polar surface area (TPSA) is 15.3 Å². The van der Waals surface area contributed by atoms with Gasteiger partial charge < -0.3 is 10.2 Å². The Bertz CT molecular complexity index is 518. The second kappa shape index (κ2) is 5.10. The van der Waals surface area contributed by atoms with E-state index in [1.54, 1.807) is 11.1 Å². The molecular formula is C19H28N2. The first-order chi connectivity index (χ1) is 10.1. The lowest BCUT2D eigenvalue weighted by molar-refractivity contribution is 0.253. The van der Waals surface area contributed by atoms with Crippen molar-refractivity contribution < 1.29 is 0 Å². The first-order valence-corrected chi connectivity index (χ1v) is 8.69. The number of hydrogen-bond donors (Lipinski definition) is 1. The lowest BCUT2D eigenvalue weighted by Gasteiger charge is -2.30. The van der Waals surface area contributed by atoms with E-state index in [0.717, 1.165) is 12.0 Å². The summed E-state index contributed by atoms with van der Waals surface area (Å²) in [6, 6.07) is 10.5. The third-order valence-electron chi connectivity index (χ3n) is 5.78. The van der Waals surface area contributed by atoms with E-state index in [0.29, 0.717) is 11.5 Å². The van der Waals surface area contributed by atoms with Gasteiger partial charge in [0, 0.05) is 18.6 Å². The molecule has 1 heterocycles. The Kier molecular flexibility index (Phi) is 3.35. The van der Waals surface area contributed by atoms with Gasteiger partial charge in [-0.25, -0.2) is 0 Å². The Hall–Kier alpha value is -0.860. The molecule has 1 aromatic rings. The van der Waals surface area contributed by atoms with Crippen LogP contribution in [0.4, 0.5) is 0 Å². The minimum atomic E-state index is 0.346. The van der Waals surface area contributed by atoms with Gasteiger partial charge in [-0.05, 0) is 61.2 Å². The number of rotatable bonds is 4. The highest BCUT2D eigenvalue weighted by Gasteiger charge is 2.39. The van der Waals surface area contributed by atoms with Crippen LogP contribution in [0.1, 0.15) is 50.3 Å².